The number of fused-ring (bicyclic) bond motifs is 2. The normalized spacial score (nSPS) is 27.6. The molecule has 3 heterocycles. The maximum atomic E-state index is 11.1. The van der Waals surface area contributed by atoms with Crippen LogP contribution < -0.4 is 4.90 Å². The smallest absolute Gasteiger partial charge is 0.326 e. The van der Waals surface area contributed by atoms with Crippen molar-refractivity contribution in [1.29, 1.82) is 0 Å². The fourth-order valence-corrected chi connectivity index (χ4v) is 2.86. The van der Waals surface area contributed by atoms with Crippen LogP contribution in [0.2, 0.25) is 0 Å². The highest BCUT2D eigenvalue weighted by molar-refractivity contribution is 5.81. The summed E-state index contributed by atoms with van der Waals surface area (Å²) in [6.45, 7) is 0.888. The minimum Gasteiger partial charge on any atom is -0.480 e. The highest BCUT2D eigenvalue weighted by Gasteiger charge is 2.40. The van der Waals surface area contributed by atoms with Crippen LogP contribution in [0.4, 0.5) is 5.69 Å². The molecular weight excluding hydrogens is 190 g/mol. The first-order valence-corrected chi connectivity index (χ1v) is 5.36. The van der Waals surface area contributed by atoms with E-state index in [0.29, 0.717) is 5.92 Å². The zero-order chi connectivity index (χ0) is 10.4. The van der Waals surface area contributed by atoms with Crippen LogP contribution in [0.25, 0.3) is 0 Å². The van der Waals surface area contributed by atoms with Gasteiger partial charge in [-0.1, -0.05) is 18.2 Å². The summed E-state index contributed by atoms with van der Waals surface area (Å²) in [7, 11) is 0. The maximum Gasteiger partial charge on any atom is 0.326 e. The molecule has 78 valence electrons. The van der Waals surface area contributed by atoms with Crippen LogP contribution in [0.1, 0.15) is 24.3 Å². The molecule has 1 fully saturated rings. The molecule has 3 aliphatic rings. The molecule has 0 aromatic heterocycles. The molecule has 15 heavy (non-hydrogen) atoms. The van der Waals surface area contributed by atoms with Crippen LogP contribution in [0, 0.1) is 0 Å². The number of carbonyl (C=O) groups is 1. The number of nitrogens with zero attached hydrogens (tertiary/aromatic N) is 1. The molecule has 3 heteroatoms. The molecule has 0 saturated carbocycles. The van der Waals surface area contributed by atoms with Crippen LogP contribution in [0.5, 0.6) is 0 Å². The van der Waals surface area contributed by atoms with E-state index in [4.69, 9.17) is 5.11 Å². The van der Waals surface area contributed by atoms with Gasteiger partial charge in [0.2, 0.25) is 0 Å². The van der Waals surface area contributed by atoms with Crippen LogP contribution >= 0.6 is 0 Å². The molecule has 2 unspecified atom stereocenters. The van der Waals surface area contributed by atoms with Crippen LogP contribution in [0.15, 0.2) is 24.3 Å². The van der Waals surface area contributed by atoms with E-state index >= 15 is 0 Å². The Balaban J connectivity index is 2.09. The lowest BCUT2D eigenvalue weighted by molar-refractivity contribution is -0.139. The summed E-state index contributed by atoms with van der Waals surface area (Å²) in [6, 6.07) is 7.88. The predicted octanol–water partition coefficient (Wildman–Crippen LogP) is 1.84. The van der Waals surface area contributed by atoms with Gasteiger partial charge in [0.25, 0.3) is 0 Å². The van der Waals surface area contributed by atoms with E-state index in [1.165, 1.54) is 5.56 Å². The van der Waals surface area contributed by atoms with E-state index in [1.807, 2.05) is 23.1 Å². The van der Waals surface area contributed by atoms with Gasteiger partial charge in [-0.15, -0.1) is 0 Å². The number of rotatable bonds is 1. The van der Waals surface area contributed by atoms with Gasteiger partial charge in [0.05, 0.1) is 0 Å². The number of carboxylic acid groups (broad SMARTS) is 1. The van der Waals surface area contributed by atoms with Crippen molar-refractivity contribution in [2.24, 2.45) is 0 Å². The van der Waals surface area contributed by atoms with Gasteiger partial charge >= 0.3 is 5.97 Å². The standard InChI is InChI=1S/C12H13NO2/c14-12(15)11-7-8-5-6-13(11)10-4-2-1-3-9(8)10/h1-4,8,11H,5-7H2,(H,14,15). The minimum absolute atomic E-state index is 0.307. The third-order valence-corrected chi connectivity index (χ3v) is 3.57. The molecule has 1 aromatic carbocycles. The van der Waals surface area contributed by atoms with Crippen LogP contribution in [-0.2, 0) is 4.79 Å². The largest absolute Gasteiger partial charge is 0.480 e. The van der Waals surface area contributed by atoms with Crippen molar-refractivity contribution in [2.45, 2.75) is 24.8 Å². The first-order chi connectivity index (χ1) is 7.27. The van der Waals surface area contributed by atoms with Crippen molar-refractivity contribution in [2.75, 3.05) is 11.4 Å². The molecule has 3 aliphatic heterocycles. The number of piperidine rings is 1. The Labute approximate surface area is 88.3 Å². The molecule has 1 aromatic rings. The number of hydrogen-bond donors (Lipinski definition) is 1. The first kappa shape index (κ1) is 8.77. The van der Waals surface area contributed by atoms with Gasteiger partial charge < -0.3 is 10.0 Å². The molecule has 4 rings (SSSR count). The maximum absolute atomic E-state index is 11.1. The Hall–Kier alpha value is -1.51. The number of hydrogen-bond acceptors (Lipinski definition) is 2. The van der Waals surface area contributed by atoms with Crippen molar-refractivity contribution in [3.63, 3.8) is 0 Å². The van der Waals surface area contributed by atoms with Crippen LogP contribution in [-0.4, -0.2) is 23.7 Å². The van der Waals surface area contributed by atoms with E-state index in [2.05, 4.69) is 6.07 Å². The molecule has 0 spiro atoms. The van der Waals surface area contributed by atoms with Crippen molar-refractivity contribution >= 4 is 11.7 Å². The molecule has 1 saturated heterocycles. The Kier molecular flexibility index (Phi) is 1.75. The van der Waals surface area contributed by atoms with Gasteiger partial charge in [0, 0.05) is 12.2 Å². The Morgan fingerprint density at radius 1 is 1.40 bits per heavy atom. The molecule has 2 bridgehead atoms. The van der Waals surface area contributed by atoms with Crippen LogP contribution in [0.3, 0.4) is 0 Å². The Morgan fingerprint density at radius 2 is 2.20 bits per heavy atom. The quantitative estimate of drug-likeness (QED) is 0.757. The molecule has 3 nitrogen and oxygen atoms in total. The third-order valence-electron chi connectivity index (χ3n) is 3.57. The Bertz CT molecular complexity index is 416. The van der Waals surface area contributed by atoms with Gasteiger partial charge in [0.15, 0.2) is 0 Å². The van der Waals surface area contributed by atoms with Gasteiger partial charge in [-0.25, -0.2) is 4.79 Å². The summed E-state index contributed by atoms with van der Waals surface area (Å²) in [4.78, 5) is 13.2. The second kappa shape index (κ2) is 2.99. The van der Waals surface area contributed by atoms with Gasteiger partial charge in [-0.3, -0.25) is 0 Å². The molecule has 0 amide bonds. The van der Waals surface area contributed by atoms with Crippen molar-refractivity contribution < 1.29 is 9.90 Å². The zero-order valence-electron chi connectivity index (χ0n) is 8.39. The second-order valence-electron chi connectivity index (χ2n) is 4.33. The lowest BCUT2D eigenvalue weighted by Gasteiger charge is -2.46. The lowest BCUT2D eigenvalue weighted by atomic mass is 9.79. The van der Waals surface area contributed by atoms with Crippen molar-refractivity contribution in [1.82, 2.24) is 0 Å². The van der Waals surface area contributed by atoms with E-state index in [1.54, 1.807) is 0 Å². The fraction of sp³-hybridized carbons (Fsp3) is 0.417. The summed E-state index contributed by atoms with van der Waals surface area (Å²) in [5.41, 5.74) is 2.47. The van der Waals surface area contributed by atoms with Gasteiger partial charge in [-0.2, -0.15) is 0 Å². The number of carboxylic acids is 1. The van der Waals surface area contributed by atoms with E-state index in [9.17, 15) is 4.79 Å². The molecule has 0 aliphatic carbocycles. The summed E-state index contributed by atoms with van der Waals surface area (Å²) >= 11 is 0. The number of para-hydroxylation sites is 1. The van der Waals surface area contributed by atoms with Gasteiger partial charge in [0.1, 0.15) is 6.04 Å². The molecule has 2 atom stereocenters. The highest BCUT2D eigenvalue weighted by atomic mass is 16.4. The summed E-state index contributed by atoms with van der Waals surface area (Å²) < 4.78 is 0. The average Bonchev–Trinajstić information content (AvgIpc) is 2.30. The monoisotopic (exact) mass is 203 g/mol. The SMILES string of the molecule is O=C(O)C1CC2CCN1c1ccccc12. The summed E-state index contributed by atoms with van der Waals surface area (Å²) in [6.07, 6.45) is 1.87. The average molecular weight is 203 g/mol. The first-order valence-electron chi connectivity index (χ1n) is 5.36. The molecular formula is C12H13NO2. The minimum atomic E-state index is -0.686. The molecule has 0 radical (unpaired) electrons. The second-order valence-corrected chi connectivity index (χ2v) is 4.33. The topological polar surface area (TPSA) is 40.5 Å². The van der Waals surface area contributed by atoms with E-state index < -0.39 is 5.97 Å². The number of anilines is 1. The van der Waals surface area contributed by atoms with Gasteiger partial charge in [-0.05, 0) is 30.4 Å². The zero-order valence-corrected chi connectivity index (χ0v) is 8.39. The number of benzene rings is 1. The van der Waals surface area contributed by atoms with E-state index in [-0.39, 0.29) is 6.04 Å². The van der Waals surface area contributed by atoms with Crippen molar-refractivity contribution in [3.8, 4) is 0 Å². The van der Waals surface area contributed by atoms with E-state index in [0.717, 1.165) is 25.1 Å². The predicted molar refractivity (Wildman–Crippen MR) is 57.2 cm³/mol. The fourth-order valence-electron chi connectivity index (χ4n) is 2.86. The summed E-state index contributed by atoms with van der Waals surface area (Å²) in [5.74, 6) is -0.235. The molecule has 1 N–H and O–H groups in total. The van der Waals surface area contributed by atoms with Crippen molar-refractivity contribution in [3.05, 3.63) is 29.8 Å². The Morgan fingerprint density at radius 3 is 3.00 bits per heavy atom. The highest BCUT2D eigenvalue weighted by Crippen LogP contribution is 2.44. The number of aliphatic carboxylic acids is 1. The lowest BCUT2D eigenvalue weighted by Crippen LogP contribution is -2.50. The third kappa shape index (κ3) is 1.16. The summed E-state index contributed by atoms with van der Waals surface area (Å²) in [5, 5.41) is 9.14.